The van der Waals surface area contributed by atoms with Crippen molar-refractivity contribution in [2.45, 2.75) is 104 Å². The van der Waals surface area contributed by atoms with Gasteiger partial charge in [-0.15, -0.1) is 0 Å². The predicted molar refractivity (Wildman–Crippen MR) is 97.1 cm³/mol. The molecule has 1 N–H and O–H groups in total. The van der Waals surface area contributed by atoms with Crippen LogP contribution in [-0.2, 0) is 4.74 Å². The van der Waals surface area contributed by atoms with Crippen molar-refractivity contribution in [3.05, 3.63) is 11.8 Å². The third-order valence-corrected chi connectivity index (χ3v) is 4.09. The summed E-state index contributed by atoms with van der Waals surface area (Å²) >= 11 is 0. The molecule has 0 fully saturated rings. The molecule has 0 aromatic rings. The largest absolute Gasteiger partial charge is 0.496 e. The lowest BCUT2D eigenvalue weighted by molar-refractivity contribution is 0.138. The van der Waals surface area contributed by atoms with E-state index in [2.05, 4.69) is 19.9 Å². The summed E-state index contributed by atoms with van der Waals surface area (Å²) in [6.07, 6.45) is 20.4. The van der Waals surface area contributed by atoms with E-state index >= 15 is 0 Å². The van der Waals surface area contributed by atoms with Crippen molar-refractivity contribution >= 4 is 0 Å². The van der Waals surface area contributed by atoms with E-state index in [-0.39, 0.29) is 6.61 Å². The Hall–Kier alpha value is -0.500. The molecule has 0 heterocycles. The molecule has 0 bridgehead atoms. The summed E-state index contributed by atoms with van der Waals surface area (Å²) in [5.74, 6) is 1.11. The molecule has 0 aliphatic heterocycles. The Kier molecular flexibility index (Phi) is 18.1. The summed E-state index contributed by atoms with van der Waals surface area (Å²) < 4.78 is 5.68. The van der Waals surface area contributed by atoms with Gasteiger partial charge in [0.1, 0.15) is 6.61 Å². The van der Waals surface area contributed by atoms with Crippen LogP contribution in [0.2, 0.25) is 0 Å². The molecule has 0 aliphatic carbocycles. The van der Waals surface area contributed by atoms with E-state index in [1.54, 1.807) is 0 Å². The first-order valence-corrected chi connectivity index (χ1v) is 9.77. The minimum atomic E-state index is 0.116. The van der Waals surface area contributed by atoms with Gasteiger partial charge in [0.2, 0.25) is 0 Å². The van der Waals surface area contributed by atoms with Crippen LogP contribution in [0, 0.1) is 0 Å². The average molecular weight is 313 g/mol. The Morgan fingerprint density at radius 2 is 1.32 bits per heavy atom. The number of ether oxygens (including phenoxy) is 1. The van der Waals surface area contributed by atoms with Gasteiger partial charge in [0.25, 0.3) is 0 Å². The summed E-state index contributed by atoms with van der Waals surface area (Å²) in [5.41, 5.74) is 0. The Morgan fingerprint density at radius 1 is 0.773 bits per heavy atom. The van der Waals surface area contributed by atoms with E-state index in [0.29, 0.717) is 6.61 Å². The van der Waals surface area contributed by atoms with Crippen LogP contribution in [0.1, 0.15) is 104 Å². The molecule has 0 rings (SSSR count). The van der Waals surface area contributed by atoms with E-state index in [1.165, 1.54) is 77.0 Å². The lowest BCUT2D eigenvalue weighted by Crippen LogP contribution is -2.00. The quantitative estimate of drug-likeness (QED) is 0.249. The number of hydrogen-bond donors (Lipinski definition) is 1. The van der Waals surface area contributed by atoms with Crippen molar-refractivity contribution in [1.29, 1.82) is 0 Å². The lowest BCUT2D eigenvalue weighted by Gasteiger charge is -2.10. The van der Waals surface area contributed by atoms with Gasteiger partial charge in [-0.25, -0.2) is 0 Å². The Balaban J connectivity index is 3.72. The summed E-state index contributed by atoms with van der Waals surface area (Å²) in [6.45, 7) is 5.07. The lowest BCUT2D eigenvalue weighted by atomic mass is 10.1. The average Bonchev–Trinajstić information content (AvgIpc) is 2.54. The topological polar surface area (TPSA) is 29.5 Å². The molecule has 0 radical (unpaired) electrons. The van der Waals surface area contributed by atoms with Gasteiger partial charge in [0.15, 0.2) is 0 Å². The van der Waals surface area contributed by atoms with Gasteiger partial charge in [-0.2, -0.15) is 0 Å². The van der Waals surface area contributed by atoms with E-state index in [1.807, 2.05) is 0 Å². The van der Waals surface area contributed by atoms with Crippen LogP contribution in [0.25, 0.3) is 0 Å². The normalized spacial score (nSPS) is 11.9. The molecule has 0 aliphatic rings. The molecule has 0 unspecified atom stereocenters. The van der Waals surface area contributed by atoms with Crippen molar-refractivity contribution in [3.8, 4) is 0 Å². The fraction of sp³-hybridized carbons (Fsp3) is 0.900. The van der Waals surface area contributed by atoms with Crippen molar-refractivity contribution in [3.63, 3.8) is 0 Å². The minimum Gasteiger partial charge on any atom is -0.496 e. The van der Waals surface area contributed by atoms with Crippen LogP contribution in [0.3, 0.4) is 0 Å². The zero-order valence-corrected chi connectivity index (χ0v) is 15.2. The molecule has 0 amide bonds. The first-order valence-electron chi connectivity index (χ1n) is 9.77. The van der Waals surface area contributed by atoms with Gasteiger partial charge < -0.3 is 9.84 Å². The maximum absolute atomic E-state index is 8.92. The SMILES string of the molecule is CCCCCCCC/C=C(/CCCCCCCC)OCCO. The molecule has 0 saturated carbocycles. The molecule has 0 spiro atoms. The van der Waals surface area contributed by atoms with Crippen molar-refractivity contribution in [2.75, 3.05) is 13.2 Å². The number of aliphatic hydroxyl groups excluding tert-OH is 1. The fourth-order valence-corrected chi connectivity index (χ4v) is 2.68. The molecule has 0 aromatic heterocycles. The number of unbranched alkanes of at least 4 members (excludes halogenated alkanes) is 11. The maximum Gasteiger partial charge on any atom is 0.111 e. The van der Waals surface area contributed by atoms with Crippen LogP contribution in [-0.4, -0.2) is 18.3 Å². The molecule has 132 valence electrons. The third-order valence-electron chi connectivity index (χ3n) is 4.09. The van der Waals surface area contributed by atoms with Crippen molar-refractivity contribution in [2.24, 2.45) is 0 Å². The molecule has 2 nitrogen and oxygen atoms in total. The van der Waals surface area contributed by atoms with Gasteiger partial charge >= 0.3 is 0 Å². The molecule has 0 atom stereocenters. The van der Waals surface area contributed by atoms with Gasteiger partial charge in [0.05, 0.1) is 12.4 Å². The van der Waals surface area contributed by atoms with Crippen molar-refractivity contribution in [1.82, 2.24) is 0 Å². The molecular formula is C20H40O2. The summed E-state index contributed by atoms with van der Waals surface area (Å²) in [7, 11) is 0. The smallest absolute Gasteiger partial charge is 0.111 e. The predicted octanol–water partition coefficient (Wildman–Crippen LogP) is 6.38. The van der Waals surface area contributed by atoms with E-state index in [9.17, 15) is 0 Å². The monoisotopic (exact) mass is 312 g/mol. The third kappa shape index (κ3) is 15.9. The zero-order chi connectivity index (χ0) is 16.3. The Labute approximate surface area is 139 Å². The first kappa shape index (κ1) is 21.5. The van der Waals surface area contributed by atoms with Crippen LogP contribution in [0.5, 0.6) is 0 Å². The summed E-state index contributed by atoms with van der Waals surface area (Å²) in [4.78, 5) is 0. The molecule has 0 saturated heterocycles. The Bertz CT molecular complexity index is 236. The fourth-order valence-electron chi connectivity index (χ4n) is 2.68. The van der Waals surface area contributed by atoms with Gasteiger partial charge in [-0.1, -0.05) is 78.1 Å². The van der Waals surface area contributed by atoms with Crippen LogP contribution in [0.15, 0.2) is 11.8 Å². The maximum atomic E-state index is 8.92. The number of hydrogen-bond acceptors (Lipinski definition) is 2. The Morgan fingerprint density at radius 3 is 1.91 bits per heavy atom. The summed E-state index contributed by atoms with van der Waals surface area (Å²) in [5, 5.41) is 8.92. The van der Waals surface area contributed by atoms with Crippen LogP contribution < -0.4 is 0 Å². The number of rotatable bonds is 17. The van der Waals surface area contributed by atoms with E-state index in [0.717, 1.165) is 18.6 Å². The van der Waals surface area contributed by atoms with E-state index in [4.69, 9.17) is 9.84 Å². The number of aliphatic hydroxyl groups is 1. The highest BCUT2D eigenvalue weighted by molar-refractivity contribution is 4.93. The highest BCUT2D eigenvalue weighted by Crippen LogP contribution is 2.15. The van der Waals surface area contributed by atoms with Crippen LogP contribution in [0.4, 0.5) is 0 Å². The second-order valence-electron chi connectivity index (χ2n) is 6.32. The van der Waals surface area contributed by atoms with Gasteiger partial charge in [0, 0.05) is 6.42 Å². The first-order chi connectivity index (χ1) is 10.8. The van der Waals surface area contributed by atoms with Gasteiger partial charge in [-0.05, 0) is 25.3 Å². The highest BCUT2D eigenvalue weighted by atomic mass is 16.5. The molecule has 22 heavy (non-hydrogen) atoms. The zero-order valence-electron chi connectivity index (χ0n) is 15.2. The second-order valence-corrected chi connectivity index (χ2v) is 6.32. The minimum absolute atomic E-state index is 0.116. The highest BCUT2D eigenvalue weighted by Gasteiger charge is 1.99. The van der Waals surface area contributed by atoms with Gasteiger partial charge in [-0.3, -0.25) is 0 Å². The summed E-state index contributed by atoms with van der Waals surface area (Å²) in [6, 6.07) is 0. The van der Waals surface area contributed by atoms with Crippen LogP contribution >= 0.6 is 0 Å². The molecule has 2 heteroatoms. The number of allylic oxidation sites excluding steroid dienone is 2. The second kappa shape index (κ2) is 18.5. The van der Waals surface area contributed by atoms with Crippen molar-refractivity contribution < 1.29 is 9.84 Å². The standard InChI is InChI=1S/C20H40O2/c1-3-5-7-9-11-13-15-17-20(22-19-18-21)16-14-12-10-8-6-4-2/h17,21H,3-16,18-19H2,1-2H3/b20-17-. The molecule has 0 aromatic carbocycles. The van der Waals surface area contributed by atoms with E-state index < -0.39 is 0 Å². The molecular weight excluding hydrogens is 272 g/mol.